The lowest BCUT2D eigenvalue weighted by Gasteiger charge is -2.09. The first kappa shape index (κ1) is 17.5. The lowest BCUT2D eigenvalue weighted by molar-refractivity contribution is -0.125. The van der Waals surface area contributed by atoms with Crippen LogP contribution in [-0.4, -0.2) is 29.5 Å². The zero-order chi connectivity index (χ0) is 17.5. The highest BCUT2D eigenvalue weighted by Gasteiger charge is 2.12. The fraction of sp³-hybridized carbons (Fsp3) is 0.0625. The summed E-state index contributed by atoms with van der Waals surface area (Å²) in [6.45, 7) is -0.560. The number of hydrazine groups is 1. The monoisotopic (exact) mass is 392 g/mol. The lowest BCUT2D eigenvalue weighted by Crippen LogP contribution is -2.43. The van der Waals surface area contributed by atoms with E-state index in [2.05, 4.69) is 26.8 Å². The van der Waals surface area contributed by atoms with Crippen LogP contribution in [0, 0.1) is 0 Å². The molecule has 0 aromatic heterocycles. The number of rotatable bonds is 4. The molecule has 0 bridgehead atoms. The van der Waals surface area contributed by atoms with Crippen molar-refractivity contribution in [2.45, 2.75) is 0 Å². The topological polar surface area (TPSA) is 105 Å². The quantitative estimate of drug-likeness (QED) is 0.543. The van der Waals surface area contributed by atoms with Crippen LogP contribution in [0.25, 0.3) is 0 Å². The van der Waals surface area contributed by atoms with E-state index >= 15 is 0 Å². The molecule has 0 aliphatic rings. The molecule has 0 spiro atoms. The number of nitrogens with one attached hydrogen (secondary N) is 2. The van der Waals surface area contributed by atoms with E-state index in [1.54, 1.807) is 24.3 Å². The second-order valence-electron chi connectivity index (χ2n) is 4.61. The van der Waals surface area contributed by atoms with Crippen molar-refractivity contribution in [3.63, 3.8) is 0 Å². The number of aromatic hydroxyl groups is 1. The van der Waals surface area contributed by atoms with Gasteiger partial charge in [0.2, 0.25) is 0 Å². The van der Waals surface area contributed by atoms with Gasteiger partial charge in [0.05, 0.1) is 11.1 Å². The molecule has 0 aliphatic carbocycles. The van der Waals surface area contributed by atoms with Crippen LogP contribution in [0.2, 0.25) is 0 Å². The van der Waals surface area contributed by atoms with Crippen LogP contribution >= 0.6 is 15.9 Å². The molecular formula is C16H13BrN2O5. The maximum absolute atomic E-state index is 11.9. The highest BCUT2D eigenvalue weighted by atomic mass is 79.9. The highest BCUT2D eigenvalue weighted by Crippen LogP contribution is 2.15. The number of phenolic OH excluding ortho intramolecular Hbond substituents is 1. The van der Waals surface area contributed by atoms with Gasteiger partial charge in [0, 0.05) is 4.47 Å². The lowest BCUT2D eigenvalue weighted by atomic mass is 10.2. The Hall–Kier alpha value is -2.87. The van der Waals surface area contributed by atoms with Gasteiger partial charge in [-0.25, -0.2) is 4.79 Å². The van der Waals surface area contributed by atoms with Crippen molar-refractivity contribution >= 4 is 33.7 Å². The Balaban J connectivity index is 1.79. The summed E-state index contributed by atoms with van der Waals surface area (Å²) in [7, 11) is 0. The molecule has 2 rings (SSSR count). The third kappa shape index (κ3) is 4.82. The zero-order valence-electron chi connectivity index (χ0n) is 12.3. The summed E-state index contributed by atoms with van der Waals surface area (Å²) < 4.78 is 5.38. The molecule has 0 fully saturated rings. The zero-order valence-corrected chi connectivity index (χ0v) is 13.9. The Morgan fingerprint density at radius 1 is 1.00 bits per heavy atom. The third-order valence-electron chi connectivity index (χ3n) is 2.87. The molecule has 24 heavy (non-hydrogen) atoms. The van der Waals surface area contributed by atoms with Crippen molar-refractivity contribution in [1.82, 2.24) is 10.9 Å². The molecule has 0 saturated heterocycles. The van der Waals surface area contributed by atoms with Crippen LogP contribution in [0.3, 0.4) is 0 Å². The Labute approximate surface area is 145 Å². The van der Waals surface area contributed by atoms with E-state index < -0.39 is 24.4 Å². The fourth-order valence-electron chi connectivity index (χ4n) is 1.69. The van der Waals surface area contributed by atoms with Crippen molar-refractivity contribution in [3.05, 3.63) is 64.1 Å². The molecule has 0 aliphatic heterocycles. The van der Waals surface area contributed by atoms with Gasteiger partial charge in [-0.1, -0.05) is 12.1 Å². The van der Waals surface area contributed by atoms with E-state index in [0.717, 1.165) is 0 Å². The number of benzene rings is 2. The number of carbonyl (C=O) groups is 3. The summed E-state index contributed by atoms with van der Waals surface area (Å²) in [5.41, 5.74) is 4.90. The molecule has 0 atom stereocenters. The van der Waals surface area contributed by atoms with E-state index in [4.69, 9.17) is 9.84 Å². The first-order chi connectivity index (χ1) is 11.5. The van der Waals surface area contributed by atoms with Crippen molar-refractivity contribution < 1.29 is 24.2 Å². The Morgan fingerprint density at radius 3 is 2.33 bits per heavy atom. The number of amides is 2. The molecular weight excluding hydrogens is 380 g/mol. The van der Waals surface area contributed by atoms with Crippen molar-refractivity contribution in [1.29, 1.82) is 0 Å². The highest BCUT2D eigenvalue weighted by molar-refractivity contribution is 9.10. The molecule has 0 unspecified atom stereocenters. The van der Waals surface area contributed by atoms with E-state index in [1.165, 1.54) is 24.3 Å². The Kier molecular flexibility index (Phi) is 5.91. The second-order valence-corrected chi connectivity index (χ2v) is 5.46. The minimum absolute atomic E-state index is 0.0130. The smallest absolute Gasteiger partial charge is 0.338 e. The molecule has 2 aromatic rings. The standard InChI is InChI=1S/C16H13BrN2O5/c17-13-4-2-1-3-12(13)15(22)19-18-14(21)9-24-16(23)10-5-7-11(20)8-6-10/h1-8,20H,9H2,(H,18,21)(H,19,22). The molecule has 0 radical (unpaired) electrons. The van der Waals surface area contributed by atoms with Gasteiger partial charge >= 0.3 is 5.97 Å². The van der Waals surface area contributed by atoms with Crippen LogP contribution in [0.1, 0.15) is 20.7 Å². The first-order valence-corrected chi connectivity index (χ1v) is 7.56. The summed E-state index contributed by atoms with van der Waals surface area (Å²) >= 11 is 3.22. The van der Waals surface area contributed by atoms with Gasteiger partial charge in [-0.05, 0) is 52.3 Å². The van der Waals surface area contributed by atoms with Gasteiger partial charge in [0.15, 0.2) is 6.61 Å². The predicted octanol–water partition coefficient (Wildman–Crippen LogP) is 1.77. The average Bonchev–Trinajstić information content (AvgIpc) is 2.58. The summed E-state index contributed by atoms with van der Waals surface area (Å²) in [6, 6.07) is 12.1. The van der Waals surface area contributed by atoms with E-state index in [-0.39, 0.29) is 11.3 Å². The molecule has 8 heteroatoms. The number of carbonyl (C=O) groups excluding carboxylic acids is 3. The van der Waals surface area contributed by atoms with Crippen molar-refractivity contribution in [2.75, 3.05) is 6.61 Å². The number of hydrogen-bond acceptors (Lipinski definition) is 5. The maximum atomic E-state index is 11.9. The number of esters is 1. The van der Waals surface area contributed by atoms with Crippen molar-refractivity contribution in [3.8, 4) is 5.75 Å². The summed E-state index contributed by atoms with van der Waals surface area (Å²) in [6.07, 6.45) is 0. The molecule has 2 amide bonds. The first-order valence-electron chi connectivity index (χ1n) is 6.77. The fourth-order valence-corrected chi connectivity index (χ4v) is 2.15. The minimum atomic E-state index is -0.720. The predicted molar refractivity (Wildman–Crippen MR) is 88.1 cm³/mol. The van der Waals surface area contributed by atoms with E-state index in [0.29, 0.717) is 10.0 Å². The average molecular weight is 393 g/mol. The van der Waals surface area contributed by atoms with Gasteiger partial charge in [-0.15, -0.1) is 0 Å². The van der Waals surface area contributed by atoms with Gasteiger partial charge in [0.1, 0.15) is 5.75 Å². The van der Waals surface area contributed by atoms with Crippen LogP contribution in [0.5, 0.6) is 5.75 Å². The SMILES string of the molecule is O=C(COC(=O)c1ccc(O)cc1)NNC(=O)c1ccccc1Br. The number of halogens is 1. The van der Waals surface area contributed by atoms with Gasteiger partial charge < -0.3 is 9.84 Å². The van der Waals surface area contributed by atoms with Crippen LogP contribution in [0.4, 0.5) is 0 Å². The Bertz CT molecular complexity index is 761. The number of hydrogen-bond donors (Lipinski definition) is 3. The van der Waals surface area contributed by atoms with Crippen LogP contribution in [-0.2, 0) is 9.53 Å². The van der Waals surface area contributed by atoms with E-state index in [9.17, 15) is 14.4 Å². The van der Waals surface area contributed by atoms with Gasteiger partial charge in [-0.2, -0.15) is 0 Å². The normalized spacial score (nSPS) is 9.88. The third-order valence-corrected chi connectivity index (χ3v) is 3.56. The number of ether oxygens (including phenoxy) is 1. The molecule has 124 valence electrons. The Morgan fingerprint density at radius 2 is 1.67 bits per heavy atom. The summed E-state index contributed by atoms with van der Waals surface area (Å²) in [5, 5.41) is 9.13. The van der Waals surface area contributed by atoms with E-state index in [1.807, 2.05) is 0 Å². The number of phenols is 1. The maximum Gasteiger partial charge on any atom is 0.338 e. The molecule has 7 nitrogen and oxygen atoms in total. The van der Waals surface area contributed by atoms with Crippen molar-refractivity contribution in [2.24, 2.45) is 0 Å². The summed E-state index contributed by atoms with van der Waals surface area (Å²) in [5.74, 6) is -1.91. The summed E-state index contributed by atoms with van der Waals surface area (Å²) in [4.78, 5) is 35.2. The molecule has 0 heterocycles. The van der Waals surface area contributed by atoms with Crippen LogP contribution < -0.4 is 10.9 Å². The molecule has 3 N–H and O–H groups in total. The van der Waals surface area contributed by atoms with Gasteiger partial charge in [0.25, 0.3) is 11.8 Å². The molecule has 2 aromatic carbocycles. The second kappa shape index (κ2) is 8.11. The van der Waals surface area contributed by atoms with Gasteiger partial charge in [-0.3, -0.25) is 20.4 Å². The largest absolute Gasteiger partial charge is 0.508 e. The van der Waals surface area contributed by atoms with Crippen LogP contribution in [0.15, 0.2) is 53.0 Å². The molecule has 0 saturated carbocycles. The minimum Gasteiger partial charge on any atom is -0.508 e.